The monoisotopic (exact) mass is 1090 g/mol. The highest BCUT2D eigenvalue weighted by molar-refractivity contribution is 7.92. The fourth-order valence-corrected chi connectivity index (χ4v) is 13.1. The number of hydrogen-bond acceptors (Lipinski definition) is 14. The van der Waals surface area contributed by atoms with Gasteiger partial charge in [0.05, 0.1) is 25.7 Å². The zero-order valence-corrected chi connectivity index (χ0v) is 44.8. The zero-order chi connectivity index (χ0) is 53.0. The molecule has 3 fully saturated rings. The molecule has 5 heterocycles. The fraction of sp³-hybridized carbons (Fsp3) is 0.298. The van der Waals surface area contributed by atoms with E-state index in [-0.39, 0.29) is 38.0 Å². The average molecular weight is 1090 g/mol. The number of benzene rings is 7. The van der Waals surface area contributed by atoms with Gasteiger partial charge in [0, 0.05) is 41.3 Å². The quantitative estimate of drug-likeness (QED) is 0.0684. The summed E-state index contributed by atoms with van der Waals surface area (Å²) < 4.78 is 100. The first kappa shape index (κ1) is 54.1. The van der Waals surface area contributed by atoms with Crippen LogP contribution in [-0.4, -0.2) is 116 Å². The van der Waals surface area contributed by atoms with Gasteiger partial charge in [-0.1, -0.05) is 90.5 Å². The summed E-state index contributed by atoms with van der Waals surface area (Å²) in [5, 5.41) is 20.9. The number of sulfone groups is 2. The Morgan fingerprint density at radius 1 is 0.526 bits per heavy atom. The molecular weight excluding hydrogens is 1020 g/mol. The van der Waals surface area contributed by atoms with Gasteiger partial charge in [0.1, 0.15) is 31.3 Å². The number of nitrogens with zero attached hydrogens (tertiary/aromatic N) is 3. The van der Waals surface area contributed by atoms with Crippen LogP contribution >= 0.6 is 0 Å². The number of fused-ring (bicyclic) bond motifs is 4. The largest absolute Gasteiger partial charge is 0.492 e. The molecule has 0 aliphatic carbocycles. The Morgan fingerprint density at radius 2 is 1.03 bits per heavy atom. The molecule has 0 unspecified atom stereocenters. The van der Waals surface area contributed by atoms with Crippen LogP contribution in [0, 0.1) is 6.92 Å². The molecule has 3 N–H and O–H groups in total. The molecule has 3 aliphatic heterocycles. The van der Waals surface area contributed by atoms with Crippen molar-refractivity contribution >= 4 is 73.1 Å². The standard InChI is InChI=1S/C26H22N2O6S2.C23H23N3O3S.C4H9N.C4H8O/c1-18-9-12-21(13-10-18)36(31,32)34-16-15-33-20-11-14-24-23(17-20)26(28-27-24)35(29,30)25-8-4-6-19-5-2-3-7-22(19)25;27-30(28,22-9-5-7-17-6-1-2-8-19(17)22)23-20-16-18(10-11-21(20)24-25-23)29-15-14-26-12-3-4-13-26;2*1-2-4-5-3-1/h2-14,17H,15-16H2,1H3,(H,27,28);1-2,5-11,16H,3-4,12-15H2,(H,24,25);5H,1-4H2;1-4H2. The van der Waals surface area contributed by atoms with Gasteiger partial charge in [-0.2, -0.15) is 18.6 Å². The number of hydrogen-bond donors (Lipinski definition) is 3. The SMILES string of the molecule is C1CCNC1.C1CCOC1.Cc1ccc(S(=O)(=O)OCCOc2ccc3n[nH]c(S(=O)(=O)c4cccc5ccccc45)c3c2)cc1.O=S(=O)(c1cccc2ccccc12)c1[nH]nc2ccc(OCCN3CCCC3)cc12. The lowest BCUT2D eigenvalue weighted by atomic mass is 10.1. The number of ether oxygens (including phenoxy) is 3. The molecule has 0 spiro atoms. The topological polar surface area (TPSA) is 212 Å². The third-order valence-corrected chi connectivity index (χ3v) is 18.1. The van der Waals surface area contributed by atoms with Crippen molar-refractivity contribution < 1.29 is 43.6 Å². The van der Waals surface area contributed by atoms with Gasteiger partial charge in [-0.15, -0.1) is 0 Å². The number of aromatic amines is 2. The van der Waals surface area contributed by atoms with Crippen LogP contribution in [0.5, 0.6) is 11.5 Å². The third kappa shape index (κ3) is 13.1. The van der Waals surface area contributed by atoms with Crippen molar-refractivity contribution in [2.24, 2.45) is 0 Å². The lowest BCUT2D eigenvalue weighted by Crippen LogP contribution is -2.25. The van der Waals surface area contributed by atoms with E-state index in [0.717, 1.165) is 49.2 Å². The average Bonchev–Trinajstić information content (AvgIpc) is 4.31. The van der Waals surface area contributed by atoms with Crippen LogP contribution in [0.1, 0.15) is 44.1 Å². The van der Waals surface area contributed by atoms with Gasteiger partial charge in [0.25, 0.3) is 10.1 Å². The molecule has 3 aliphatic rings. The highest BCUT2D eigenvalue weighted by Gasteiger charge is 2.27. The fourth-order valence-electron chi connectivity index (χ4n) is 9.11. The molecule has 398 valence electrons. The molecule has 7 aromatic carbocycles. The van der Waals surface area contributed by atoms with Crippen LogP contribution in [0.15, 0.2) is 170 Å². The van der Waals surface area contributed by atoms with E-state index in [4.69, 9.17) is 18.4 Å². The van der Waals surface area contributed by atoms with Gasteiger partial charge >= 0.3 is 0 Å². The van der Waals surface area contributed by atoms with Crippen molar-refractivity contribution in [2.75, 3.05) is 65.8 Å². The zero-order valence-electron chi connectivity index (χ0n) is 42.3. The predicted molar refractivity (Wildman–Crippen MR) is 294 cm³/mol. The van der Waals surface area contributed by atoms with Crippen LogP contribution in [0.4, 0.5) is 0 Å². The minimum Gasteiger partial charge on any atom is -0.492 e. The number of likely N-dealkylation sites (tertiary alicyclic amines) is 1. The molecule has 16 nitrogen and oxygen atoms in total. The summed E-state index contributed by atoms with van der Waals surface area (Å²) in [6.07, 6.45) is 7.83. The van der Waals surface area contributed by atoms with Crippen LogP contribution in [-0.2, 0) is 38.7 Å². The number of rotatable bonds is 14. The Hall–Kier alpha value is -6.71. The van der Waals surface area contributed by atoms with E-state index in [1.54, 1.807) is 78.9 Å². The summed E-state index contributed by atoms with van der Waals surface area (Å²) in [5.41, 5.74) is 1.99. The summed E-state index contributed by atoms with van der Waals surface area (Å²) in [6.45, 7) is 9.80. The van der Waals surface area contributed by atoms with E-state index in [2.05, 4.69) is 30.6 Å². The smallest absolute Gasteiger partial charge is 0.297 e. The Labute approximate surface area is 443 Å². The summed E-state index contributed by atoms with van der Waals surface area (Å²) in [5.74, 6) is 1.01. The van der Waals surface area contributed by atoms with Gasteiger partial charge in [-0.25, -0.2) is 16.8 Å². The molecule has 0 saturated carbocycles. The molecule has 0 bridgehead atoms. The van der Waals surface area contributed by atoms with Gasteiger partial charge in [0.15, 0.2) is 10.1 Å². The molecule has 0 atom stereocenters. The van der Waals surface area contributed by atoms with E-state index in [1.807, 2.05) is 61.5 Å². The Bertz CT molecular complexity index is 3710. The Morgan fingerprint density at radius 3 is 1.51 bits per heavy atom. The predicted octanol–water partition coefficient (Wildman–Crippen LogP) is 9.83. The minimum absolute atomic E-state index is 0.0440. The van der Waals surface area contributed by atoms with Crippen LogP contribution in [0.3, 0.4) is 0 Å². The van der Waals surface area contributed by atoms with Crippen molar-refractivity contribution in [1.82, 2.24) is 30.6 Å². The minimum atomic E-state index is -3.92. The van der Waals surface area contributed by atoms with Crippen molar-refractivity contribution in [3.8, 4) is 11.5 Å². The second kappa shape index (κ2) is 25.0. The van der Waals surface area contributed by atoms with Crippen molar-refractivity contribution in [1.29, 1.82) is 0 Å². The second-order valence-corrected chi connectivity index (χ2v) is 23.9. The van der Waals surface area contributed by atoms with Gasteiger partial charge in [-0.3, -0.25) is 19.3 Å². The van der Waals surface area contributed by atoms with Gasteiger partial charge in [0.2, 0.25) is 19.7 Å². The molecule has 19 heteroatoms. The normalized spacial score (nSPS) is 15.0. The van der Waals surface area contributed by atoms with Gasteiger partial charge in [-0.05, 0) is 143 Å². The van der Waals surface area contributed by atoms with Gasteiger partial charge < -0.3 is 19.5 Å². The summed E-state index contributed by atoms with van der Waals surface area (Å²) in [7, 11) is -11.6. The van der Waals surface area contributed by atoms with E-state index >= 15 is 0 Å². The summed E-state index contributed by atoms with van der Waals surface area (Å²) in [6, 6.07) is 41.7. The first-order valence-corrected chi connectivity index (χ1v) is 29.9. The Balaban J connectivity index is 0.000000158. The molecule has 3 saturated heterocycles. The molecule has 0 amide bonds. The number of nitrogens with one attached hydrogen (secondary N) is 3. The lowest BCUT2D eigenvalue weighted by Gasteiger charge is -2.15. The highest BCUT2D eigenvalue weighted by atomic mass is 32.2. The maximum absolute atomic E-state index is 13.6. The maximum atomic E-state index is 13.6. The summed E-state index contributed by atoms with van der Waals surface area (Å²) in [4.78, 5) is 2.89. The maximum Gasteiger partial charge on any atom is 0.297 e. The molecule has 12 rings (SSSR count). The molecule has 76 heavy (non-hydrogen) atoms. The highest BCUT2D eigenvalue weighted by Crippen LogP contribution is 2.34. The third-order valence-electron chi connectivity index (χ3n) is 13.2. The van der Waals surface area contributed by atoms with E-state index < -0.39 is 29.8 Å². The molecule has 2 aromatic heterocycles. The van der Waals surface area contributed by atoms with Crippen LogP contribution in [0.2, 0.25) is 0 Å². The molecule has 9 aromatic rings. The van der Waals surface area contributed by atoms with Crippen molar-refractivity contribution in [2.45, 2.75) is 70.2 Å². The van der Waals surface area contributed by atoms with Crippen molar-refractivity contribution in [3.63, 3.8) is 0 Å². The first-order chi connectivity index (χ1) is 36.9. The summed E-state index contributed by atoms with van der Waals surface area (Å²) >= 11 is 0. The number of H-pyrrole nitrogens is 2. The number of aryl methyl sites for hydroxylation is 1. The van der Waals surface area contributed by atoms with Crippen molar-refractivity contribution in [3.05, 3.63) is 151 Å². The Kier molecular flexibility index (Phi) is 17.8. The second-order valence-electron chi connectivity index (χ2n) is 18.5. The first-order valence-electron chi connectivity index (χ1n) is 25.5. The van der Waals surface area contributed by atoms with Crippen LogP contribution in [0.25, 0.3) is 43.4 Å². The lowest BCUT2D eigenvalue weighted by molar-refractivity contribution is 0.198. The van der Waals surface area contributed by atoms with Crippen LogP contribution < -0.4 is 14.8 Å². The number of aromatic nitrogens is 4. The molecule has 0 radical (unpaired) electrons. The van der Waals surface area contributed by atoms with E-state index in [0.29, 0.717) is 50.7 Å². The molecular formula is C57H62N6O10S3. The van der Waals surface area contributed by atoms with E-state index in [9.17, 15) is 25.3 Å². The van der Waals surface area contributed by atoms with E-state index in [1.165, 1.54) is 63.7 Å².